The maximum Gasteiger partial charge on any atom is 0.350 e. The lowest BCUT2D eigenvalue weighted by Crippen LogP contribution is -2.50. The van der Waals surface area contributed by atoms with E-state index >= 15 is 0 Å². The smallest absolute Gasteiger partial charge is 0.350 e. The van der Waals surface area contributed by atoms with E-state index in [9.17, 15) is 14.7 Å². The molecule has 0 aromatic carbocycles. The molecule has 1 aliphatic carbocycles. The van der Waals surface area contributed by atoms with Gasteiger partial charge in [-0.2, -0.15) is 0 Å². The van der Waals surface area contributed by atoms with Crippen LogP contribution in [0.15, 0.2) is 0 Å². The lowest BCUT2D eigenvalue weighted by atomic mass is 9.79. The van der Waals surface area contributed by atoms with Gasteiger partial charge in [-0.1, -0.05) is 19.3 Å². The number of carbonyl (C=O) groups excluding carboxylic acids is 2. The highest BCUT2D eigenvalue weighted by Crippen LogP contribution is 2.40. The molecule has 0 aromatic rings. The van der Waals surface area contributed by atoms with Crippen LogP contribution in [0.3, 0.4) is 0 Å². The van der Waals surface area contributed by atoms with Crippen LogP contribution in [-0.4, -0.2) is 35.9 Å². The molecule has 2 fully saturated rings. The molecule has 5 nitrogen and oxygen atoms in total. The Morgan fingerprint density at radius 2 is 2.00 bits per heavy atom. The summed E-state index contributed by atoms with van der Waals surface area (Å²) in [5, 5.41) is 10.3. The molecule has 0 unspecified atom stereocenters. The summed E-state index contributed by atoms with van der Waals surface area (Å²) in [5.74, 6) is -2.19. The largest absolute Gasteiger partial charge is 0.466 e. The van der Waals surface area contributed by atoms with Crippen LogP contribution in [0.4, 0.5) is 0 Å². The molecule has 0 bridgehead atoms. The Balaban J connectivity index is 2.25. The van der Waals surface area contributed by atoms with Gasteiger partial charge in [-0.3, -0.25) is 0 Å². The van der Waals surface area contributed by atoms with Crippen LogP contribution in [-0.2, 0) is 19.1 Å². The van der Waals surface area contributed by atoms with Crippen LogP contribution in [0, 0.1) is 5.92 Å². The normalized spacial score (nSPS) is 37.6. The summed E-state index contributed by atoms with van der Waals surface area (Å²) in [6, 6.07) is 0. The molecule has 96 valence electrons. The van der Waals surface area contributed by atoms with Crippen LogP contribution in [0.1, 0.15) is 38.5 Å². The fourth-order valence-corrected chi connectivity index (χ4v) is 2.84. The van der Waals surface area contributed by atoms with Crippen LogP contribution >= 0.6 is 0 Å². The van der Waals surface area contributed by atoms with Gasteiger partial charge >= 0.3 is 11.9 Å². The van der Waals surface area contributed by atoms with Gasteiger partial charge in [0.2, 0.25) is 0 Å². The van der Waals surface area contributed by atoms with Crippen molar-refractivity contribution in [3.05, 3.63) is 0 Å². The molecule has 17 heavy (non-hydrogen) atoms. The second kappa shape index (κ2) is 4.64. The Labute approximate surface area is 100 Å². The van der Waals surface area contributed by atoms with E-state index in [0.717, 1.165) is 32.1 Å². The van der Waals surface area contributed by atoms with Crippen molar-refractivity contribution in [2.45, 2.75) is 50.2 Å². The highest BCUT2D eigenvalue weighted by molar-refractivity contribution is 6.05. The third kappa shape index (κ3) is 1.92. The quantitative estimate of drug-likeness (QED) is 0.543. The molecular formula is C12H18O5. The molecule has 1 aliphatic heterocycles. The Morgan fingerprint density at radius 3 is 2.65 bits per heavy atom. The maximum atomic E-state index is 11.7. The van der Waals surface area contributed by atoms with Gasteiger partial charge in [0.25, 0.3) is 5.60 Å². The number of hydrogen-bond acceptors (Lipinski definition) is 5. The van der Waals surface area contributed by atoms with Crippen molar-refractivity contribution >= 4 is 11.9 Å². The van der Waals surface area contributed by atoms with Crippen molar-refractivity contribution in [1.29, 1.82) is 0 Å². The number of ether oxygens (including phenoxy) is 2. The van der Waals surface area contributed by atoms with E-state index in [4.69, 9.17) is 4.74 Å². The van der Waals surface area contributed by atoms with E-state index in [2.05, 4.69) is 4.74 Å². The molecule has 5 heteroatoms. The van der Waals surface area contributed by atoms with Crippen LogP contribution in [0.25, 0.3) is 0 Å². The molecule has 0 spiro atoms. The first-order valence-corrected chi connectivity index (χ1v) is 6.12. The molecule has 0 aromatic heterocycles. The first kappa shape index (κ1) is 12.4. The van der Waals surface area contributed by atoms with E-state index in [1.165, 1.54) is 7.11 Å². The Bertz CT molecular complexity index is 327. The average Bonchev–Trinajstić information content (AvgIpc) is 2.52. The minimum absolute atomic E-state index is 0.341. The summed E-state index contributed by atoms with van der Waals surface area (Å²) in [7, 11) is 1.17. The predicted molar refractivity (Wildman–Crippen MR) is 58.0 cm³/mol. The lowest BCUT2D eigenvalue weighted by molar-refractivity contribution is -0.175. The Kier molecular flexibility index (Phi) is 3.38. The zero-order valence-corrected chi connectivity index (χ0v) is 9.98. The van der Waals surface area contributed by atoms with Crippen molar-refractivity contribution in [3.8, 4) is 0 Å². The van der Waals surface area contributed by atoms with Crippen molar-refractivity contribution in [2.24, 2.45) is 5.92 Å². The molecule has 1 saturated heterocycles. The summed E-state index contributed by atoms with van der Waals surface area (Å²) >= 11 is 0. The minimum Gasteiger partial charge on any atom is -0.466 e. The van der Waals surface area contributed by atoms with Crippen LogP contribution < -0.4 is 0 Å². The standard InChI is InChI=1S/C12H18O5/c1-16-10(13)12(15)8-6-4-2-3-5-7-9(8)17-11(12)14/h8-9,15H,2-7H2,1H3/t8-,9-,12+/m0/s1. The minimum atomic E-state index is -2.09. The molecule has 1 N–H and O–H groups in total. The second-order valence-electron chi connectivity index (χ2n) is 4.80. The topological polar surface area (TPSA) is 72.8 Å². The molecule has 3 atom stereocenters. The van der Waals surface area contributed by atoms with Gasteiger partial charge in [-0.25, -0.2) is 9.59 Å². The first-order valence-electron chi connectivity index (χ1n) is 6.12. The van der Waals surface area contributed by atoms with E-state index in [0.29, 0.717) is 6.42 Å². The zero-order chi connectivity index (χ0) is 12.5. The number of methoxy groups -OCH3 is 1. The van der Waals surface area contributed by atoms with Gasteiger partial charge in [0, 0.05) is 5.92 Å². The first-order chi connectivity index (χ1) is 8.10. The number of hydrogen-bond donors (Lipinski definition) is 1. The van der Waals surface area contributed by atoms with Gasteiger partial charge < -0.3 is 14.6 Å². The van der Waals surface area contributed by atoms with Gasteiger partial charge in [0.15, 0.2) is 0 Å². The van der Waals surface area contributed by atoms with Gasteiger partial charge in [0.1, 0.15) is 6.10 Å². The Hall–Kier alpha value is -1.10. The SMILES string of the molecule is COC(=O)[C@@]1(O)C(=O)O[C@H]2CCCCCC[C@@H]21. The van der Waals surface area contributed by atoms with E-state index in [1.807, 2.05) is 0 Å². The highest BCUT2D eigenvalue weighted by atomic mass is 16.6. The number of fused-ring (bicyclic) bond motifs is 1. The average molecular weight is 242 g/mol. The predicted octanol–water partition coefficient (Wildman–Crippen LogP) is 0.786. The number of esters is 2. The molecule has 2 rings (SSSR count). The number of aliphatic hydroxyl groups is 1. The van der Waals surface area contributed by atoms with Gasteiger partial charge in [-0.15, -0.1) is 0 Å². The highest BCUT2D eigenvalue weighted by Gasteiger charge is 2.62. The second-order valence-corrected chi connectivity index (χ2v) is 4.80. The third-order valence-electron chi connectivity index (χ3n) is 3.81. The van der Waals surface area contributed by atoms with Gasteiger partial charge in [0.05, 0.1) is 7.11 Å². The molecule has 0 radical (unpaired) electrons. The summed E-state index contributed by atoms with van der Waals surface area (Å²) in [6.45, 7) is 0. The molecular weight excluding hydrogens is 224 g/mol. The zero-order valence-electron chi connectivity index (χ0n) is 9.98. The van der Waals surface area contributed by atoms with Crippen LogP contribution in [0.5, 0.6) is 0 Å². The van der Waals surface area contributed by atoms with Crippen molar-refractivity contribution in [2.75, 3.05) is 7.11 Å². The fourth-order valence-electron chi connectivity index (χ4n) is 2.84. The van der Waals surface area contributed by atoms with Crippen molar-refractivity contribution in [3.63, 3.8) is 0 Å². The van der Waals surface area contributed by atoms with Gasteiger partial charge in [-0.05, 0) is 19.3 Å². The van der Waals surface area contributed by atoms with Crippen molar-refractivity contribution < 1.29 is 24.2 Å². The summed E-state index contributed by atoms with van der Waals surface area (Å²) in [6.07, 6.45) is 5.04. The number of rotatable bonds is 1. The van der Waals surface area contributed by atoms with Crippen molar-refractivity contribution in [1.82, 2.24) is 0 Å². The molecule has 0 amide bonds. The molecule has 2 aliphatic rings. The fraction of sp³-hybridized carbons (Fsp3) is 0.833. The van der Waals surface area contributed by atoms with Crippen LogP contribution in [0.2, 0.25) is 0 Å². The lowest BCUT2D eigenvalue weighted by Gasteiger charge is -2.26. The monoisotopic (exact) mass is 242 g/mol. The summed E-state index contributed by atoms with van der Waals surface area (Å²) in [5.41, 5.74) is -2.09. The van der Waals surface area contributed by atoms with E-state index in [1.54, 1.807) is 0 Å². The summed E-state index contributed by atoms with van der Waals surface area (Å²) in [4.78, 5) is 23.3. The Morgan fingerprint density at radius 1 is 1.35 bits per heavy atom. The van der Waals surface area contributed by atoms with E-state index < -0.39 is 23.5 Å². The summed E-state index contributed by atoms with van der Waals surface area (Å²) < 4.78 is 9.69. The number of carbonyl (C=O) groups is 2. The van der Waals surface area contributed by atoms with E-state index in [-0.39, 0.29) is 6.10 Å². The third-order valence-corrected chi connectivity index (χ3v) is 3.81. The maximum absolute atomic E-state index is 11.7. The molecule has 1 heterocycles. The molecule has 1 saturated carbocycles.